The molecule has 1 aliphatic heterocycles. The van der Waals surface area contributed by atoms with Crippen LogP contribution in [-0.4, -0.2) is 45.0 Å². The zero-order valence-electron chi connectivity index (χ0n) is 18.8. The van der Waals surface area contributed by atoms with Crippen LogP contribution in [0.4, 0.5) is 0 Å². The molecular weight excluding hydrogens is 400 g/mol. The molecule has 2 aromatic carbocycles. The quantitative estimate of drug-likeness (QED) is 0.483. The Balaban J connectivity index is 1.82. The maximum atomic E-state index is 13.1. The summed E-state index contributed by atoms with van der Waals surface area (Å²) in [5, 5.41) is 0. The Labute approximate surface area is 182 Å². The zero-order chi connectivity index (χ0) is 22.8. The summed E-state index contributed by atoms with van der Waals surface area (Å²) in [5.41, 5.74) is 2.67. The number of hydrogen-bond acceptors (Lipinski definition) is 7. The van der Waals surface area contributed by atoms with Gasteiger partial charge in [-0.25, -0.2) is 4.79 Å². The van der Waals surface area contributed by atoms with Crippen molar-refractivity contribution in [2.24, 2.45) is 0 Å². The van der Waals surface area contributed by atoms with Gasteiger partial charge in [-0.05, 0) is 63.1 Å². The van der Waals surface area contributed by atoms with E-state index in [2.05, 4.69) is 0 Å². The summed E-state index contributed by atoms with van der Waals surface area (Å²) in [5.74, 6) is 1.37. The lowest BCUT2D eigenvalue weighted by Gasteiger charge is -2.37. The Hall–Kier alpha value is -3.06. The average Bonchev–Trinajstić information content (AvgIpc) is 2.75. The van der Waals surface area contributed by atoms with Crippen LogP contribution in [0.3, 0.4) is 0 Å². The first-order valence-corrected chi connectivity index (χ1v) is 9.99. The van der Waals surface area contributed by atoms with Gasteiger partial charge in [0, 0.05) is 12.7 Å². The van der Waals surface area contributed by atoms with Gasteiger partial charge in [0.05, 0.1) is 24.7 Å². The van der Waals surface area contributed by atoms with E-state index < -0.39 is 11.6 Å². The molecule has 1 aliphatic rings. The van der Waals surface area contributed by atoms with Crippen molar-refractivity contribution in [2.75, 3.05) is 27.6 Å². The summed E-state index contributed by atoms with van der Waals surface area (Å²) in [7, 11) is 2.89. The molecule has 0 aliphatic carbocycles. The Morgan fingerprint density at radius 2 is 1.71 bits per heavy atom. The van der Waals surface area contributed by atoms with Gasteiger partial charge in [-0.1, -0.05) is 0 Å². The van der Waals surface area contributed by atoms with Gasteiger partial charge in [-0.2, -0.15) is 0 Å². The molecular formula is C24H28O7. The molecule has 0 aromatic heterocycles. The van der Waals surface area contributed by atoms with Crippen molar-refractivity contribution < 1.29 is 33.3 Å². The van der Waals surface area contributed by atoms with Crippen molar-refractivity contribution in [2.45, 2.75) is 39.7 Å². The summed E-state index contributed by atoms with van der Waals surface area (Å²) in [4.78, 5) is 24.7. The normalized spacial score (nSPS) is 17.5. The molecule has 0 fully saturated rings. The fourth-order valence-corrected chi connectivity index (χ4v) is 3.72. The van der Waals surface area contributed by atoms with Crippen LogP contribution in [-0.2, 0) is 9.47 Å². The van der Waals surface area contributed by atoms with Gasteiger partial charge in [0.25, 0.3) is 0 Å². The maximum Gasteiger partial charge on any atom is 0.337 e. The third kappa shape index (κ3) is 4.51. The number of fused-ring (bicyclic) bond motifs is 1. The predicted molar refractivity (Wildman–Crippen MR) is 114 cm³/mol. The lowest BCUT2D eigenvalue weighted by Crippen LogP contribution is -2.45. The van der Waals surface area contributed by atoms with Crippen LogP contribution in [0.2, 0.25) is 0 Å². The summed E-state index contributed by atoms with van der Waals surface area (Å²) in [6, 6.07) is 6.63. The fraction of sp³-hybridized carbons (Fsp3) is 0.417. The summed E-state index contributed by atoms with van der Waals surface area (Å²) < 4.78 is 27.7. The number of ether oxygens (including phenoxy) is 5. The van der Waals surface area contributed by atoms with Crippen LogP contribution in [0.15, 0.2) is 24.3 Å². The Morgan fingerprint density at radius 1 is 1.03 bits per heavy atom. The molecule has 0 saturated carbocycles. The molecule has 1 unspecified atom stereocenters. The third-order valence-electron chi connectivity index (χ3n) is 5.49. The van der Waals surface area contributed by atoms with Crippen LogP contribution in [0.5, 0.6) is 17.2 Å². The number of hydrogen-bond donors (Lipinski definition) is 0. The van der Waals surface area contributed by atoms with Gasteiger partial charge >= 0.3 is 5.97 Å². The van der Waals surface area contributed by atoms with Crippen molar-refractivity contribution >= 4 is 11.8 Å². The number of carbonyl (C=O) groups excluding carboxylic acids is 2. The van der Waals surface area contributed by atoms with E-state index >= 15 is 0 Å². The van der Waals surface area contributed by atoms with E-state index in [0.29, 0.717) is 28.4 Å². The zero-order valence-corrected chi connectivity index (χ0v) is 18.8. The molecule has 2 aromatic rings. The van der Waals surface area contributed by atoms with E-state index in [9.17, 15) is 9.59 Å². The molecule has 0 radical (unpaired) electrons. The van der Waals surface area contributed by atoms with Crippen molar-refractivity contribution in [1.82, 2.24) is 0 Å². The number of carbonyl (C=O) groups is 2. The van der Waals surface area contributed by atoms with Gasteiger partial charge in [0.15, 0.2) is 12.6 Å². The Kier molecular flexibility index (Phi) is 6.55. The fourth-order valence-electron chi connectivity index (χ4n) is 3.72. The second kappa shape index (κ2) is 8.98. The van der Waals surface area contributed by atoms with Gasteiger partial charge in [-0.15, -0.1) is 0 Å². The summed E-state index contributed by atoms with van der Waals surface area (Å²) in [6.45, 7) is 7.85. The smallest absolute Gasteiger partial charge is 0.337 e. The predicted octanol–water partition coefficient (Wildman–Crippen LogP) is 4.18. The van der Waals surface area contributed by atoms with E-state index in [1.807, 2.05) is 27.7 Å². The van der Waals surface area contributed by atoms with E-state index in [1.54, 1.807) is 31.4 Å². The molecule has 0 amide bonds. The number of rotatable bonds is 7. The minimum Gasteiger partial charge on any atom is -0.489 e. The topological polar surface area (TPSA) is 80.3 Å². The number of esters is 1. The van der Waals surface area contributed by atoms with Crippen LogP contribution in [0.25, 0.3) is 0 Å². The molecule has 0 N–H and O–H groups in total. The lowest BCUT2D eigenvalue weighted by atomic mass is 9.86. The highest BCUT2D eigenvalue weighted by atomic mass is 16.7. The highest BCUT2D eigenvalue weighted by molar-refractivity contribution is 6.03. The second-order valence-electron chi connectivity index (χ2n) is 7.92. The van der Waals surface area contributed by atoms with Gasteiger partial charge in [0.1, 0.15) is 29.5 Å². The molecule has 0 saturated heterocycles. The minimum atomic E-state index is -0.830. The maximum absolute atomic E-state index is 13.1. The SMILES string of the molecule is COCOc1c(C)c(C)c2c(c1C)C(=O)CC(C)(COc1ccc(C(=O)OC)cc1)O2. The number of Topliss-reactive ketones (excluding diaryl/α,β-unsaturated/α-hetero) is 1. The second-order valence-corrected chi connectivity index (χ2v) is 7.92. The van der Waals surface area contributed by atoms with E-state index in [1.165, 1.54) is 7.11 Å². The summed E-state index contributed by atoms with van der Waals surface area (Å²) >= 11 is 0. The van der Waals surface area contributed by atoms with Gasteiger partial charge in [0.2, 0.25) is 0 Å². The van der Waals surface area contributed by atoms with E-state index in [4.69, 9.17) is 23.7 Å². The highest BCUT2D eigenvalue weighted by Gasteiger charge is 2.40. The van der Waals surface area contributed by atoms with Crippen LogP contribution in [0.1, 0.15) is 50.8 Å². The molecule has 7 heteroatoms. The van der Waals surface area contributed by atoms with Crippen LogP contribution in [0, 0.1) is 20.8 Å². The molecule has 1 atom stereocenters. The van der Waals surface area contributed by atoms with Gasteiger partial charge < -0.3 is 23.7 Å². The molecule has 7 nitrogen and oxygen atoms in total. The number of benzene rings is 2. The molecule has 0 bridgehead atoms. The molecule has 0 spiro atoms. The first-order chi connectivity index (χ1) is 14.7. The average molecular weight is 428 g/mol. The van der Waals surface area contributed by atoms with Crippen molar-refractivity contribution in [3.8, 4) is 17.2 Å². The number of ketones is 1. The Bertz CT molecular complexity index is 994. The Morgan fingerprint density at radius 3 is 2.32 bits per heavy atom. The molecule has 1 heterocycles. The largest absolute Gasteiger partial charge is 0.489 e. The van der Waals surface area contributed by atoms with Crippen molar-refractivity contribution in [3.63, 3.8) is 0 Å². The first kappa shape index (κ1) is 22.6. The van der Waals surface area contributed by atoms with E-state index in [-0.39, 0.29) is 25.6 Å². The minimum absolute atomic E-state index is 0.0174. The van der Waals surface area contributed by atoms with Crippen LogP contribution >= 0.6 is 0 Å². The first-order valence-electron chi connectivity index (χ1n) is 9.99. The standard InChI is InChI=1S/C24H28O7/c1-14-15(2)22-20(16(3)21(14)30-13-27-5)19(25)11-24(4,31-22)12-29-18-9-7-17(8-10-18)23(26)28-6/h7-10H,11-13H2,1-6H3. The van der Waals surface area contributed by atoms with Crippen molar-refractivity contribution in [1.29, 1.82) is 0 Å². The monoisotopic (exact) mass is 428 g/mol. The molecule has 166 valence electrons. The highest BCUT2D eigenvalue weighted by Crippen LogP contribution is 2.43. The molecule has 3 rings (SSSR count). The van der Waals surface area contributed by atoms with Crippen molar-refractivity contribution in [3.05, 3.63) is 52.1 Å². The van der Waals surface area contributed by atoms with E-state index in [0.717, 1.165) is 16.7 Å². The van der Waals surface area contributed by atoms with Gasteiger partial charge in [-0.3, -0.25) is 4.79 Å². The van der Waals surface area contributed by atoms with Crippen LogP contribution < -0.4 is 14.2 Å². The third-order valence-corrected chi connectivity index (χ3v) is 5.49. The summed E-state index contributed by atoms with van der Waals surface area (Å²) in [6.07, 6.45) is 0.174. The lowest BCUT2D eigenvalue weighted by molar-refractivity contribution is 0.0176. The number of methoxy groups -OCH3 is 2. The molecule has 31 heavy (non-hydrogen) atoms.